The molecular formula is C41H44N4O7. The van der Waals surface area contributed by atoms with Crippen molar-refractivity contribution >= 4 is 28.6 Å². The van der Waals surface area contributed by atoms with Crippen LogP contribution in [0.15, 0.2) is 108 Å². The third-order valence-electron chi connectivity index (χ3n) is 10.1. The van der Waals surface area contributed by atoms with Gasteiger partial charge in [-0.3, -0.25) is 14.2 Å². The van der Waals surface area contributed by atoms with Crippen LogP contribution in [0.5, 0.6) is 0 Å². The van der Waals surface area contributed by atoms with E-state index in [0.29, 0.717) is 12.2 Å². The average Bonchev–Trinajstić information content (AvgIpc) is 3.50. The number of aromatic amines is 1. The number of nitrogens with zero attached hydrogens (tertiary/aromatic N) is 2. The number of likely N-dealkylation sites (tertiary alicyclic amines) is 1. The fourth-order valence-electron chi connectivity index (χ4n) is 7.53. The van der Waals surface area contributed by atoms with E-state index in [1.54, 1.807) is 6.07 Å². The summed E-state index contributed by atoms with van der Waals surface area (Å²) in [6, 6.07) is 33.3. The van der Waals surface area contributed by atoms with E-state index in [1.807, 2.05) is 89.5 Å². The van der Waals surface area contributed by atoms with E-state index in [-0.39, 0.29) is 30.4 Å². The van der Waals surface area contributed by atoms with Crippen molar-refractivity contribution in [2.45, 2.75) is 69.9 Å². The molecule has 7 rings (SSSR count). The smallest absolute Gasteiger partial charge is 0.326 e. The molecule has 1 amide bonds. The molecule has 5 aromatic rings. The van der Waals surface area contributed by atoms with Crippen molar-refractivity contribution in [3.63, 3.8) is 0 Å². The van der Waals surface area contributed by atoms with Crippen molar-refractivity contribution in [3.8, 4) is 0 Å². The van der Waals surface area contributed by atoms with Crippen molar-refractivity contribution in [3.05, 3.63) is 136 Å². The molecule has 2 aliphatic heterocycles. The van der Waals surface area contributed by atoms with Crippen molar-refractivity contribution in [2.75, 3.05) is 25.0 Å². The Kier molecular flexibility index (Phi) is 10.6. The molecule has 3 heterocycles. The third-order valence-corrected chi connectivity index (χ3v) is 10.1. The lowest BCUT2D eigenvalue weighted by molar-refractivity contribution is -0.264. The quantitative estimate of drug-likeness (QED) is 0.151. The summed E-state index contributed by atoms with van der Waals surface area (Å²) in [6.45, 7) is 4.95. The van der Waals surface area contributed by atoms with Gasteiger partial charge in [0.05, 0.1) is 29.8 Å². The Morgan fingerprint density at radius 1 is 0.904 bits per heavy atom. The summed E-state index contributed by atoms with van der Waals surface area (Å²) >= 11 is 0. The molecule has 52 heavy (non-hydrogen) atoms. The highest BCUT2D eigenvalue weighted by Crippen LogP contribution is 2.47. The summed E-state index contributed by atoms with van der Waals surface area (Å²) in [5.74, 6) is -1.15. The van der Waals surface area contributed by atoms with Gasteiger partial charge in [-0.2, -0.15) is 0 Å². The number of nitrogens with one attached hydrogen (secondary N) is 2. The highest BCUT2D eigenvalue weighted by Gasteiger charge is 2.43. The molecule has 1 aromatic heterocycles. The molecule has 5 unspecified atom stereocenters. The second-order valence-corrected chi connectivity index (χ2v) is 13.6. The zero-order chi connectivity index (χ0) is 36.2. The molecule has 2 fully saturated rings. The van der Waals surface area contributed by atoms with E-state index in [1.165, 1.54) is 13.8 Å². The number of imidazole rings is 1. The number of hydrogen-bond acceptors (Lipinski definition) is 8. The van der Waals surface area contributed by atoms with Crippen molar-refractivity contribution in [1.29, 1.82) is 0 Å². The normalized spacial score (nSPS) is 21.8. The third kappa shape index (κ3) is 7.73. The SMILES string of the molecule is CC(=O)OC(C)C(=O)Nc1cccc(C2OC(CN3CCC(n4c(=O)[nH]c5ccccc54)CC3)C(c3ccccc3)C(c3ccc(CO)cc3)O2)c1. The van der Waals surface area contributed by atoms with Crippen LogP contribution in [0.25, 0.3) is 11.0 Å². The maximum Gasteiger partial charge on any atom is 0.326 e. The summed E-state index contributed by atoms with van der Waals surface area (Å²) in [5, 5.41) is 12.6. The second-order valence-electron chi connectivity index (χ2n) is 13.6. The van der Waals surface area contributed by atoms with Crippen LogP contribution in [0.2, 0.25) is 0 Å². The Bertz CT molecular complexity index is 2050. The molecular weight excluding hydrogens is 660 g/mol. The zero-order valence-corrected chi connectivity index (χ0v) is 29.3. The molecule has 0 radical (unpaired) electrons. The summed E-state index contributed by atoms with van der Waals surface area (Å²) in [5.41, 5.74) is 5.81. The van der Waals surface area contributed by atoms with E-state index in [9.17, 15) is 19.5 Å². The van der Waals surface area contributed by atoms with Crippen molar-refractivity contribution < 1.29 is 28.9 Å². The Hall–Kier alpha value is -5.07. The number of hydrogen-bond donors (Lipinski definition) is 3. The number of carbonyl (C=O) groups is 2. The number of esters is 1. The molecule has 2 saturated heterocycles. The van der Waals surface area contributed by atoms with E-state index >= 15 is 0 Å². The van der Waals surface area contributed by atoms with Crippen LogP contribution in [0, 0.1) is 0 Å². The largest absolute Gasteiger partial charge is 0.453 e. The number of aromatic nitrogens is 2. The van der Waals surface area contributed by atoms with Crippen LogP contribution in [0.3, 0.4) is 0 Å². The minimum atomic E-state index is -0.954. The summed E-state index contributed by atoms with van der Waals surface area (Å²) < 4.78 is 20.8. The molecule has 270 valence electrons. The first-order chi connectivity index (χ1) is 25.3. The van der Waals surface area contributed by atoms with Gasteiger partial charge in [0.25, 0.3) is 5.91 Å². The monoisotopic (exact) mass is 704 g/mol. The first kappa shape index (κ1) is 35.3. The number of benzene rings is 4. The maximum absolute atomic E-state index is 13.0. The number of carbonyl (C=O) groups excluding carboxylic acids is 2. The Morgan fingerprint density at radius 3 is 2.35 bits per heavy atom. The number of rotatable bonds is 10. The van der Waals surface area contributed by atoms with Crippen molar-refractivity contribution in [1.82, 2.24) is 14.5 Å². The van der Waals surface area contributed by atoms with Crippen LogP contribution < -0.4 is 11.0 Å². The first-order valence-corrected chi connectivity index (χ1v) is 17.8. The number of H-pyrrole nitrogens is 1. The van der Waals surface area contributed by atoms with Gasteiger partial charge in [-0.05, 0) is 60.7 Å². The number of ether oxygens (including phenoxy) is 3. The fraction of sp³-hybridized carbons (Fsp3) is 0.341. The van der Waals surface area contributed by atoms with Crippen LogP contribution >= 0.6 is 0 Å². The Morgan fingerprint density at radius 2 is 1.62 bits per heavy atom. The summed E-state index contributed by atoms with van der Waals surface area (Å²) in [7, 11) is 0. The van der Waals surface area contributed by atoms with Gasteiger partial charge in [0.1, 0.15) is 0 Å². The van der Waals surface area contributed by atoms with E-state index in [0.717, 1.165) is 59.2 Å². The number of amides is 1. The summed E-state index contributed by atoms with van der Waals surface area (Å²) in [4.78, 5) is 42.6. The lowest BCUT2D eigenvalue weighted by atomic mass is 9.83. The number of anilines is 1. The number of aliphatic hydroxyl groups excluding tert-OH is 1. The van der Waals surface area contributed by atoms with Gasteiger partial charge in [0.2, 0.25) is 0 Å². The van der Waals surface area contributed by atoms with E-state index in [2.05, 4.69) is 27.3 Å². The topological polar surface area (TPSA) is 135 Å². The van der Waals surface area contributed by atoms with E-state index in [4.69, 9.17) is 14.2 Å². The molecule has 0 spiro atoms. The molecule has 0 saturated carbocycles. The summed E-state index contributed by atoms with van der Waals surface area (Å²) in [6.07, 6.45) is -0.767. The van der Waals surface area contributed by atoms with Crippen LogP contribution in [0.1, 0.15) is 73.3 Å². The zero-order valence-electron chi connectivity index (χ0n) is 29.3. The number of aliphatic hydroxyl groups is 1. The predicted octanol–water partition coefficient (Wildman–Crippen LogP) is 5.99. The van der Waals surface area contributed by atoms with Crippen LogP contribution in [-0.2, 0) is 30.4 Å². The van der Waals surface area contributed by atoms with Gasteiger partial charge in [0.15, 0.2) is 12.4 Å². The van der Waals surface area contributed by atoms with Gasteiger partial charge >= 0.3 is 11.7 Å². The minimum absolute atomic E-state index is 0.0580. The van der Waals surface area contributed by atoms with Gasteiger partial charge in [0, 0.05) is 49.8 Å². The Labute approximate surface area is 302 Å². The van der Waals surface area contributed by atoms with Crippen molar-refractivity contribution in [2.24, 2.45) is 0 Å². The highest BCUT2D eigenvalue weighted by atomic mass is 16.7. The van der Waals surface area contributed by atoms with Gasteiger partial charge in [-0.15, -0.1) is 0 Å². The van der Waals surface area contributed by atoms with E-state index < -0.39 is 30.4 Å². The predicted molar refractivity (Wildman–Crippen MR) is 197 cm³/mol. The Balaban J connectivity index is 1.17. The molecule has 0 bridgehead atoms. The minimum Gasteiger partial charge on any atom is -0.453 e. The number of para-hydroxylation sites is 2. The molecule has 0 aliphatic carbocycles. The van der Waals surface area contributed by atoms with Gasteiger partial charge < -0.3 is 34.5 Å². The molecule has 3 N–H and O–H groups in total. The molecule has 4 aromatic carbocycles. The first-order valence-electron chi connectivity index (χ1n) is 17.8. The number of piperidine rings is 1. The fourth-order valence-corrected chi connectivity index (χ4v) is 7.53. The molecule has 2 aliphatic rings. The number of fused-ring (bicyclic) bond motifs is 1. The van der Waals surface area contributed by atoms with Gasteiger partial charge in [-0.25, -0.2) is 4.79 Å². The molecule has 11 heteroatoms. The lowest BCUT2D eigenvalue weighted by Crippen LogP contribution is -2.47. The second kappa shape index (κ2) is 15.7. The lowest BCUT2D eigenvalue weighted by Gasteiger charge is -2.45. The maximum atomic E-state index is 13.0. The standard InChI is InChI=1S/C41H44N4O7/c1-26(50-27(2)47)39(48)42-32-12-8-11-31(23-32)40-51-36(24-44-21-19-33(20-22-44)45-35-14-7-6-13-34(35)43-41(45)49)37(29-9-4-3-5-10-29)38(52-40)30-17-15-28(25-46)16-18-30/h3-18,23,26,33,36-38,40,46H,19-22,24-25H2,1-2H3,(H,42,48)(H,43,49). The molecule has 5 atom stereocenters. The van der Waals surface area contributed by atoms with Gasteiger partial charge in [-0.1, -0.05) is 78.9 Å². The van der Waals surface area contributed by atoms with Crippen LogP contribution in [-0.4, -0.2) is 63.3 Å². The van der Waals surface area contributed by atoms with Crippen LogP contribution in [0.4, 0.5) is 5.69 Å². The highest BCUT2D eigenvalue weighted by molar-refractivity contribution is 5.95. The average molecular weight is 705 g/mol. The molecule has 11 nitrogen and oxygen atoms in total.